The first kappa shape index (κ1) is 28.4. The van der Waals surface area contributed by atoms with Crippen molar-refractivity contribution in [2.45, 2.75) is 19.3 Å². The Hall–Kier alpha value is -3.66. The molecule has 3 aromatic rings. The smallest absolute Gasteiger partial charge is 0.161 e. The molecule has 0 heterocycles. The molecule has 0 bridgehead atoms. The van der Waals surface area contributed by atoms with Crippen molar-refractivity contribution in [2.75, 3.05) is 61.0 Å². The fourth-order valence-corrected chi connectivity index (χ4v) is 4.82. The summed E-state index contributed by atoms with van der Waals surface area (Å²) in [6, 6.07) is 11.8. The number of ether oxygens (including phenoxy) is 6. The first-order chi connectivity index (χ1) is 19.0. The summed E-state index contributed by atoms with van der Waals surface area (Å²) in [7, 11) is 4.78. The summed E-state index contributed by atoms with van der Waals surface area (Å²) in [5.74, 6) is 3.42. The Bertz CT molecular complexity index is 1120. The van der Waals surface area contributed by atoms with Crippen LogP contribution in [0.3, 0.4) is 0 Å². The van der Waals surface area contributed by atoms with Gasteiger partial charge in [-0.3, -0.25) is 0 Å². The highest BCUT2D eigenvalue weighted by atomic mass is 16.5. The van der Waals surface area contributed by atoms with Gasteiger partial charge in [-0.1, -0.05) is 0 Å². The minimum atomic E-state index is -0.108. The highest BCUT2D eigenvalue weighted by Crippen LogP contribution is 2.40. The highest BCUT2D eigenvalue weighted by molar-refractivity contribution is 5.58. The average Bonchev–Trinajstić information content (AvgIpc) is 3.01. The van der Waals surface area contributed by atoms with Crippen molar-refractivity contribution < 1.29 is 43.7 Å². The molecular weight excluding hydrogens is 504 g/mol. The van der Waals surface area contributed by atoms with E-state index in [4.69, 9.17) is 28.4 Å². The number of aliphatic hydroxyl groups excluding tert-OH is 3. The van der Waals surface area contributed by atoms with Gasteiger partial charge >= 0.3 is 0 Å². The lowest BCUT2D eigenvalue weighted by Crippen LogP contribution is -2.07. The molecular formula is C30H36O9. The monoisotopic (exact) mass is 540 g/mol. The van der Waals surface area contributed by atoms with Crippen molar-refractivity contribution in [3.8, 4) is 34.5 Å². The summed E-state index contributed by atoms with van der Waals surface area (Å²) in [6.45, 7) is 0.131. The molecule has 0 unspecified atom stereocenters. The van der Waals surface area contributed by atoms with Crippen LogP contribution in [0.25, 0.3) is 0 Å². The largest absolute Gasteiger partial charge is 0.493 e. The Morgan fingerprint density at radius 2 is 0.667 bits per heavy atom. The first-order valence-electron chi connectivity index (χ1n) is 12.8. The van der Waals surface area contributed by atoms with E-state index in [0.29, 0.717) is 53.8 Å². The molecule has 3 N–H and O–H groups in total. The van der Waals surface area contributed by atoms with Crippen molar-refractivity contribution in [2.24, 2.45) is 0 Å². The summed E-state index contributed by atoms with van der Waals surface area (Å²) in [5, 5.41) is 28.0. The van der Waals surface area contributed by atoms with Gasteiger partial charge in [-0.15, -0.1) is 0 Å². The minimum Gasteiger partial charge on any atom is -0.493 e. The number of benzene rings is 3. The maximum Gasteiger partial charge on any atom is 0.161 e. The Balaban J connectivity index is 1.93. The summed E-state index contributed by atoms with van der Waals surface area (Å²) in [6.07, 6.45) is 1.79. The van der Waals surface area contributed by atoms with Crippen molar-refractivity contribution in [1.29, 1.82) is 0 Å². The van der Waals surface area contributed by atoms with Crippen LogP contribution in [0.1, 0.15) is 33.4 Å². The van der Waals surface area contributed by atoms with Gasteiger partial charge in [0.2, 0.25) is 0 Å². The maximum atomic E-state index is 9.32. The van der Waals surface area contributed by atoms with Crippen molar-refractivity contribution in [1.82, 2.24) is 0 Å². The van der Waals surface area contributed by atoms with Gasteiger partial charge < -0.3 is 43.7 Å². The van der Waals surface area contributed by atoms with Gasteiger partial charge in [-0.25, -0.2) is 0 Å². The van der Waals surface area contributed by atoms with Crippen LogP contribution in [-0.2, 0) is 19.3 Å². The highest BCUT2D eigenvalue weighted by Gasteiger charge is 2.22. The molecule has 1 aliphatic carbocycles. The van der Waals surface area contributed by atoms with Crippen LogP contribution in [0, 0.1) is 0 Å². The van der Waals surface area contributed by atoms with Gasteiger partial charge in [0.25, 0.3) is 0 Å². The van der Waals surface area contributed by atoms with Gasteiger partial charge in [-0.05, 0) is 89.0 Å². The molecule has 0 atom stereocenters. The third-order valence-corrected chi connectivity index (χ3v) is 6.65. The van der Waals surface area contributed by atoms with E-state index in [1.165, 1.54) is 0 Å². The van der Waals surface area contributed by atoms with Crippen LogP contribution in [0.4, 0.5) is 0 Å². The standard InChI is InChI=1S/C30H36O9/c1-34-25-13-19-10-23-17-29(38-8-5-32)27(36-3)15-21(23)12-24-18-30(39-9-6-33)26(35-2)14-20(24)11-22(19)16-28(25)37-7-4-31/h13-18,31-33H,4-12H2,1-3H3. The topological polar surface area (TPSA) is 116 Å². The second-order valence-corrected chi connectivity index (χ2v) is 9.06. The number of rotatable bonds is 12. The normalized spacial score (nSPS) is 12.2. The SMILES string of the molecule is COc1cc2c(cc1OCCO)Cc1cc(OC)c(OCCO)cc1Cc1cc(OC)c(OCCO)cc1C2. The number of hydrogen-bond donors (Lipinski definition) is 3. The van der Waals surface area contributed by atoms with Gasteiger partial charge in [0.15, 0.2) is 34.5 Å². The van der Waals surface area contributed by atoms with E-state index in [1.807, 2.05) is 36.4 Å². The Kier molecular flexibility index (Phi) is 9.75. The van der Waals surface area contributed by atoms with Gasteiger partial charge in [0, 0.05) is 0 Å². The molecule has 0 fully saturated rings. The van der Waals surface area contributed by atoms with Crippen LogP contribution in [0.5, 0.6) is 34.5 Å². The summed E-state index contributed by atoms with van der Waals surface area (Å²) in [5.41, 5.74) is 6.27. The molecule has 9 heteroatoms. The van der Waals surface area contributed by atoms with Gasteiger partial charge in [0.1, 0.15) is 19.8 Å². The zero-order valence-corrected chi connectivity index (χ0v) is 22.6. The molecule has 210 valence electrons. The van der Waals surface area contributed by atoms with Gasteiger partial charge in [-0.2, -0.15) is 0 Å². The molecule has 0 saturated heterocycles. The van der Waals surface area contributed by atoms with Crippen molar-refractivity contribution in [3.63, 3.8) is 0 Å². The van der Waals surface area contributed by atoms with Crippen LogP contribution >= 0.6 is 0 Å². The third-order valence-electron chi connectivity index (χ3n) is 6.65. The summed E-state index contributed by atoms with van der Waals surface area (Å²) in [4.78, 5) is 0. The van der Waals surface area contributed by atoms with Crippen molar-refractivity contribution in [3.05, 3.63) is 69.8 Å². The van der Waals surface area contributed by atoms with E-state index in [-0.39, 0.29) is 39.6 Å². The van der Waals surface area contributed by atoms with E-state index in [2.05, 4.69) is 0 Å². The van der Waals surface area contributed by atoms with E-state index in [0.717, 1.165) is 33.4 Å². The molecule has 0 aromatic heterocycles. The van der Waals surface area contributed by atoms with E-state index >= 15 is 0 Å². The minimum absolute atomic E-state index is 0.108. The average molecular weight is 541 g/mol. The second kappa shape index (κ2) is 13.4. The predicted octanol–water partition coefficient (Wildman–Crippen LogP) is 2.91. The zero-order chi connectivity index (χ0) is 27.8. The fraction of sp³-hybridized carbons (Fsp3) is 0.400. The third kappa shape index (κ3) is 6.50. The number of methoxy groups -OCH3 is 3. The summed E-state index contributed by atoms with van der Waals surface area (Å²) >= 11 is 0. The van der Waals surface area contributed by atoms with Crippen LogP contribution in [-0.4, -0.2) is 76.3 Å². The van der Waals surface area contributed by atoms with Crippen LogP contribution in [0.2, 0.25) is 0 Å². The lowest BCUT2D eigenvalue weighted by Gasteiger charge is -2.18. The van der Waals surface area contributed by atoms with E-state index in [1.54, 1.807) is 21.3 Å². The molecule has 0 saturated carbocycles. The van der Waals surface area contributed by atoms with Gasteiger partial charge in [0.05, 0.1) is 41.2 Å². The molecule has 0 radical (unpaired) electrons. The predicted molar refractivity (Wildman–Crippen MR) is 145 cm³/mol. The molecule has 0 spiro atoms. The molecule has 9 nitrogen and oxygen atoms in total. The Morgan fingerprint density at radius 1 is 0.436 bits per heavy atom. The molecule has 4 rings (SSSR count). The molecule has 0 aliphatic heterocycles. The van der Waals surface area contributed by atoms with Crippen LogP contribution in [0.15, 0.2) is 36.4 Å². The lowest BCUT2D eigenvalue weighted by atomic mass is 9.94. The number of hydrogen-bond acceptors (Lipinski definition) is 9. The number of fused-ring (bicyclic) bond motifs is 3. The maximum absolute atomic E-state index is 9.32. The summed E-state index contributed by atoms with van der Waals surface area (Å²) < 4.78 is 34.3. The van der Waals surface area contributed by atoms with E-state index in [9.17, 15) is 15.3 Å². The molecule has 39 heavy (non-hydrogen) atoms. The first-order valence-corrected chi connectivity index (χ1v) is 12.8. The van der Waals surface area contributed by atoms with E-state index < -0.39 is 0 Å². The quantitative estimate of drug-likeness (QED) is 0.249. The molecule has 1 aliphatic rings. The molecule has 0 amide bonds. The Labute approximate surface area is 228 Å². The lowest BCUT2D eigenvalue weighted by molar-refractivity contribution is 0.196. The fourth-order valence-electron chi connectivity index (χ4n) is 4.82. The zero-order valence-electron chi connectivity index (χ0n) is 22.6. The number of aliphatic hydroxyl groups is 3. The second-order valence-electron chi connectivity index (χ2n) is 9.06. The Morgan fingerprint density at radius 3 is 0.872 bits per heavy atom. The molecule has 3 aromatic carbocycles. The van der Waals surface area contributed by atoms with Crippen LogP contribution < -0.4 is 28.4 Å². The van der Waals surface area contributed by atoms with Crippen molar-refractivity contribution >= 4 is 0 Å².